The standard InChI is InChI=1S/C26H32FN5O5/c1-3-10-32-23(34)21-20(22(33)30-11-8-26(9-12-30)36-13-14-37-26)29-17-31(21)16-25(32,2)24(35)28-15-18-4-6-19(27)7-5-18/h4-7,17H,3,8-16H2,1-2H3,(H,28,35). The van der Waals surface area contributed by atoms with Gasteiger partial charge in [-0.05, 0) is 31.0 Å². The number of carbonyl (C=O) groups excluding carboxylic acids is 3. The van der Waals surface area contributed by atoms with Crippen LogP contribution in [0.4, 0.5) is 4.39 Å². The van der Waals surface area contributed by atoms with Crippen LogP contribution < -0.4 is 5.32 Å². The molecular weight excluding hydrogens is 481 g/mol. The molecule has 0 radical (unpaired) electrons. The van der Waals surface area contributed by atoms with E-state index in [1.807, 2.05) is 6.92 Å². The summed E-state index contributed by atoms with van der Waals surface area (Å²) in [4.78, 5) is 48.1. The van der Waals surface area contributed by atoms with Crippen LogP contribution in [0.1, 0.15) is 59.7 Å². The number of imidazole rings is 1. The van der Waals surface area contributed by atoms with Crippen LogP contribution in [0.3, 0.4) is 0 Å². The highest BCUT2D eigenvalue weighted by Crippen LogP contribution is 2.33. The Balaban J connectivity index is 1.34. The number of ether oxygens (including phenoxy) is 2. The first kappa shape index (κ1) is 25.3. The van der Waals surface area contributed by atoms with Gasteiger partial charge in [-0.1, -0.05) is 19.1 Å². The quantitative estimate of drug-likeness (QED) is 0.633. The highest BCUT2D eigenvalue weighted by Gasteiger charge is 2.49. The summed E-state index contributed by atoms with van der Waals surface area (Å²) in [5, 5.41) is 2.89. The molecule has 5 rings (SSSR count). The molecule has 1 atom stereocenters. The van der Waals surface area contributed by atoms with E-state index in [0.717, 1.165) is 5.56 Å². The fourth-order valence-corrected chi connectivity index (χ4v) is 5.38. The second kappa shape index (κ2) is 9.86. The lowest BCUT2D eigenvalue weighted by Gasteiger charge is -2.44. The number of halogens is 1. The van der Waals surface area contributed by atoms with Crippen molar-refractivity contribution in [2.45, 2.75) is 57.5 Å². The Kier molecular flexibility index (Phi) is 6.76. The van der Waals surface area contributed by atoms with Crippen LogP contribution in [0.2, 0.25) is 0 Å². The number of hydrogen-bond acceptors (Lipinski definition) is 6. The van der Waals surface area contributed by atoms with E-state index in [0.29, 0.717) is 52.1 Å². The fraction of sp³-hybridized carbons (Fsp3) is 0.538. The van der Waals surface area contributed by atoms with Crippen LogP contribution >= 0.6 is 0 Å². The molecule has 1 N–H and O–H groups in total. The number of fused-ring (bicyclic) bond motifs is 1. The van der Waals surface area contributed by atoms with E-state index in [2.05, 4.69) is 10.3 Å². The lowest BCUT2D eigenvalue weighted by atomic mass is 9.93. The predicted molar refractivity (Wildman–Crippen MR) is 130 cm³/mol. The van der Waals surface area contributed by atoms with Gasteiger partial charge in [0.05, 0.1) is 26.1 Å². The van der Waals surface area contributed by atoms with E-state index in [1.54, 1.807) is 28.5 Å². The van der Waals surface area contributed by atoms with Crippen LogP contribution in [0.15, 0.2) is 30.6 Å². The highest BCUT2D eigenvalue weighted by molar-refractivity contribution is 6.07. The number of benzene rings is 1. The average molecular weight is 514 g/mol. The molecule has 1 aromatic heterocycles. The third-order valence-electron chi connectivity index (χ3n) is 7.49. The molecule has 1 unspecified atom stereocenters. The summed E-state index contributed by atoms with van der Waals surface area (Å²) < 4.78 is 26.3. The van der Waals surface area contributed by atoms with Gasteiger partial charge in [-0.25, -0.2) is 9.37 Å². The summed E-state index contributed by atoms with van der Waals surface area (Å²) in [5.41, 5.74) is -0.133. The van der Waals surface area contributed by atoms with E-state index in [-0.39, 0.29) is 42.1 Å². The molecule has 2 saturated heterocycles. The zero-order chi connectivity index (χ0) is 26.2. The molecule has 3 aliphatic rings. The van der Waals surface area contributed by atoms with Gasteiger partial charge in [0.25, 0.3) is 11.8 Å². The SMILES string of the molecule is CCCN1C(=O)c2c(C(=O)N3CCC4(CC3)OCCO4)ncn2CC1(C)C(=O)NCc1ccc(F)cc1. The fourth-order valence-electron chi connectivity index (χ4n) is 5.38. The molecule has 3 amide bonds. The van der Waals surface area contributed by atoms with Crippen LogP contribution in [0, 0.1) is 5.82 Å². The first-order chi connectivity index (χ1) is 17.8. The molecule has 10 nitrogen and oxygen atoms in total. The van der Waals surface area contributed by atoms with Crippen LogP contribution in [-0.2, 0) is 27.4 Å². The van der Waals surface area contributed by atoms with Crippen LogP contribution in [-0.4, -0.2) is 81.2 Å². The third-order valence-corrected chi connectivity index (χ3v) is 7.49. The van der Waals surface area contributed by atoms with Gasteiger partial charge in [-0.15, -0.1) is 0 Å². The number of amides is 3. The average Bonchev–Trinajstić information content (AvgIpc) is 3.53. The zero-order valence-electron chi connectivity index (χ0n) is 21.2. The third kappa shape index (κ3) is 4.61. The molecule has 4 heterocycles. The Hall–Kier alpha value is -3.31. The van der Waals surface area contributed by atoms with Crippen molar-refractivity contribution in [2.75, 3.05) is 32.8 Å². The van der Waals surface area contributed by atoms with Gasteiger partial charge in [0.1, 0.15) is 17.1 Å². The molecule has 2 aromatic rings. The largest absolute Gasteiger partial charge is 0.350 e. The minimum absolute atomic E-state index is 0.101. The molecule has 11 heteroatoms. The first-order valence-corrected chi connectivity index (χ1v) is 12.7. The van der Waals surface area contributed by atoms with Gasteiger partial charge in [0.15, 0.2) is 11.5 Å². The number of piperidine rings is 1. The molecule has 0 bridgehead atoms. The number of likely N-dealkylation sites (tertiary alicyclic amines) is 1. The summed E-state index contributed by atoms with van der Waals surface area (Å²) in [7, 11) is 0. The second-order valence-corrected chi connectivity index (χ2v) is 10.0. The summed E-state index contributed by atoms with van der Waals surface area (Å²) in [6, 6.07) is 5.88. The molecule has 0 aliphatic carbocycles. The minimum Gasteiger partial charge on any atom is -0.350 e. The summed E-state index contributed by atoms with van der Waals surface area (Å²) in [5.74, 6) is -2.00. The number of hydrogen-bond donors (Lipinski definition) is 1. The van der Waals surface area contributed by atoms with E-state index in [4.69, 9.17) is 9.47 Å². The molecule has 37 heavy (non-hydrogen) atoms. The second-order valence-electron chi connectivity index (χ2n) is 10.0. The Bertz CT molecular complexity index is 1180. The van der Waals surface area contributed by atoms with Crippen molar-refractivity contribution in [1.29, 1.82) is 0 Å². The maximum atomic E-state index is 13.7. The number of nitrogens with one attached hydrogen (secondary N) is 1. The van der Waals surface area contributed by atoms with Gasteiger partial charge in [-0.3, -0.25) is 14.4 Å². The van der Waals surface area contributed by atoms with Gasteiger partial charge < -0.3 is 29.2 Å². The topological polar surface area (TPSA) is 106 Å². The van der Waals surface area contributed by atoms with E-state index in [1.165, 1.54) is 23.4 Å². The maximum Gasteiger partial charge on any atom is 0.274 e. The molecular formula is C26H32FN5O5. The lowest BCUT2D eigenvalue weighted by Crippen LogP contribution is -2.64. The van der Waals surface area contributed by atoms with Gasteiger partial charge >= 0.3 is 0 Å². The monoisotopic (exact) mass is 513 g/mol. The minimum atomic E-state index is -1.18. The summed E-state index contributed by atoms with van der Waals surface area (Å²) in [6.45, 7) is 6.36. The van der Waals surface area contributed by atoms with E-state index >= 15 is 0 Å². The number of nitrogens with zero attached hydrogens (tertiary/aromatic N) is 4. The Morgan fingerprint density at radius 1 is 1.14 bits per heavy atom. The van der Waals surface area contributed by atoms with Crippen molar-refractivity contribution in [1.82, 2.24) is 24.7 Å². The number of rotatable bonds is 6. The Labute approximate surface area is 214 Å². The smallest absolute Gasteiger partial charge is 0.274 e. The van der Waals surface area contributed by atoms with Crippen molar-refractivity contribution in [3.8, 4) is 0 Å². The van der Waals surface area contributed by atoms with E-state index < -0.39 is 17.2 Å². The van der Waals surface area contributed by atoms with Crippen LogP contribution in [0.5, 0.6) is 0 Å². The van der Waals surface area contributed by atoms with Crippen molar-refractivity contribution in [3.63, 3.8) is 0 Å². The highest BCUT2D eigenvalue weighted by atomic mass is 19.1. The van der Waals surface area contributed by atoms with Crippen molar-refractivity contribution < 1.29 is 28.2 Å². The number of carbonyl (C=O) groups is 3. The normalized spacial score (nSPS) is 22.8. The van der Waals surface area contributed by atoms with Crippen molar-refractivity contribution in [3.05, 3.63) is 53.4 Å². The van der Waals surface area contributed by atoms with Gasteiger partial charge in [-0.2, -0.15) is 0 Å². The molecule has 3 aliphatic heterocycles. The lowest BCUT2D eigenvalue weighted by molar-refractivity contribution is -0.181. The number of aromatic nitrogens is 2. The van der Waals surface area contributed by atoms with E-state index in [9.17, 15) is 18.8 Å². The molecule has 198 valence electrons. The first-order valence-electron chi connectivity index (χ1n) is 12.7. The maximum absolute atomic E-state index is 13.7. The van der Waals surface area contributed by atoms with Gasteiger partial charge in [0.2, 0.25) is 5.91 Å². The molecule has 1 aromatic carbocycles. The molecule has 2 fully saturated rings. The Morgan fingerprint density at radius 2 is 1.81 bits per heavy atom. The summed E-state index contributed by atoms with van der Waals surface area (Å²) >= 11 is 0. The van der Waals surface area contributed by atoms with Crippen molar-refractivity contribution >= 4 is 17.7 Å². The van der Waals surface area contributed by atoms with Gasteiger partial charge in [0, 0.05) is 39.0 Å². The molecule has 1 spiro atoms. The van der Waals surface area contributed by atoms with Crippen molar-refractivity contribution in [2.24, 2.45) is 0 Å². The van der Waals surface area contributed by atoms with Crippen LogP contribution in [0.25, 0.3) is 0 Å². The predicted octanol–water partition coefficient (Wildman–Crippen LogP) is 1.94. The Morgan fingerprint density at radius 3 is 2.46 bits per heavy atom. The zero-order valence-corrected chi connectivity index (χ0v) is 21.2. The summed E-state index contributed by atoms with van der Waals surface area (Å²) in [6.07, 6.45) is 3.23. The molecule has 0 saturated carbocycles.